The van der Waals surface area contributed by atoms with E-state index in [2.05, 4.69) is 25.7 Å². The van der Waals surface area contributed by atoms with Crippen molar-refractivity contribution in [3.05, 3.63) is 33.4 Å². The molecule has 0 aliphatic carbocycles. The van der Waals surface area contributed by atoms with Crippen LogP contribution in [-0.2, 0) is 9.59 Å². The van der Waals surface area contributed by atoms with Gasteiger partial charge < -0.3 is 10.6 Å². The highest BCUT2D eigenvalue weighted by atomic mass is 16.2. The monoisotopic (exact) mass is 346 g/mol. The molecule has 0 aliphatic heterocycles. The Labute approximate surface area is 144 Å². The predicted octanol–water partition coefficient (Wildman–Crippen LogP) is 0.734. The van der Waals surface area contributed by atoms with Crippen molar-refractivity contribution in [2.45, 2.75) is 47.1 Å². The third-order valence-corrected chi connectivity index (χ3v) is 3.85. The third-order valence-electron chi connectivity index (χ3n) is 3.85. The number of nitrogens with one attached hydrogen (secondary N) is 3. The molecular formula is C16H22N6O3. The first kappa shape index (κ1) is 18.4. The number of anilines is 1. The lowest BCUT2D eigenvalue weighted by molar-refractivity contribution is -0.136. The van der Waals surface area contributed by atoms with Crippen LogP contribution >= 0.6 is 0 Å². The van der Waals surface area contributed by atoms with Crippen molar-refractivity contribution in [3.63, 3.8) is 0 Å². The molecule has 25 heavy (non-hydrogen) atoms. The van der Waals surface area contributed by atoms with Gasteiger partial charge in [0.2, 0.25) is 5.95 Å². The number of aryl methyl sites for hydroxylation is 2. The number of H-pyrrole nitrogens is 1. The van der Waals surface area contributed by atoms with Crippen molar-refractivity contribution in [2.75, 3.05) is 5.32 Å². The Morgan fingerprint density at radius 2 is 1.96 bits per heavy atom. The third kappa shape index (κ3) is 4.11. The summed E-state index contributed by atoms with van der Waals surface area (Å²) in [6.45, 7) is 8.82. The molecule has 2 aromatic rings. The molecule has 0 bridgehead atoms. The fourth-order valence-electron chi connectivity index (χ4n) is 2.05. The Balaban J connectivity index is 2.31. The lowest BCUT2D eigenvalue weighted by atomic mass is 10.2. The zero-order chi connectivity index (χ0) is 18.7. The molecule has 9 nitrogen and oxygen atoms in total. The van der Waals surface area contributed by atoms with Gasteiger partial charge in [-0.2, -0.15) is 9.78 Å². The van der Waals surface area contributed by atoms with Gasteiger partial charge in [-0.15, -0.1) is 0 Å². The average Bonchev–Trinajstić information content (AvgIpc) is 2.92. The smallest absolute Gasteiger partial charge is 0.314 e. The molecule has 0 saturated heterocycles. The topological polar surface area (TPSA) is 122 Å². The Kier molecular flexibility index (Phi) is 5.35. The van der Waals surface area contributed by atoms with Gasteiger partial charge in [-0.3, -0.25) is 19.4 Å². The van der Waals surface area contributed by atoms with Gasteiger partial charge in [0.1, 0.15) is 5.82 Å². The summed E-state index contributed by atoms with van der Waals surface area (Å²) in [5.41, 5.74) is 1.37. The van der Waals surface area contributed by atoms with E-state index in [0.717, 1.165) is 0 Å². The van der Waals surface area contributed by atoms with Crippen molar-refractivity contribution in [1.29, 1.82) is 0 Å². The summed E-state index contributed by atoms with van der Waals surface area (Å²) in [5, 5.41) is 9.31. The summed E-state index contributed by atoms with van der Waals surface area (Å²) in [7, 11) is 0. The molecule has 0 radical (unpaired) electrons. The summed E-state index contributed by atoms with van der Waals surface area (Å²) in [4.78, 5) is 42.8. The van der Waals surface area contributed by atoms with E-state index in [4.69, 9.17) is 0 Å². The molecule has 1 atom stereocenters. The standard InChI is InChI=1S/C16H22N6O3/c1-6-8(2)17-14(24)15(25)19-12-7-9(3)21-22(12)16-18-11(5)10(4)13(23)20-16/h7-8H,6H2,1-5H3,(H,17,24)(H,19,25)(H,18,20,23)/t8-/m0/s1. The maximum atomic E-state index is 12.1. The zero-order valence-corrected chi connectivity index (χ0v) is 14.9. The molecule has 3 N–H and O–H groups in total. The molecule has 2 aromatic heterocycles. The van der Waals surface area contributed by atoms with E-state index < -0.39 is 11.8 Å². The second kappa shape index (κ2) is 7.29. The predicted molar refractivity (Wildman–Crippen MR) is 92.7 cm³/mol. The zero-order valence-electron chi connectivity index (χ0n) is 14.9. The molecule has 2 rings (SSSR count). The van der Waals surface area contributed by atoms with Gasteiger partial charge in [0, 0.05) is 23.4 Å². The number of nitrogens with zero attached hydrogens (tertiary/aromatic N) is 3. The Hall–Kier alpha value is -2.97. The molecule has 0 spiro atoms. The van der Waals surface area contributed by atoms with Crippen LogP contribution in [-0.4, -0.2) is 37.6 Å². The minimum absolute atomic E-state index is 0.109. The van der Waals surface area contributed by atoms with Crippen LogP contribution in [0.2, 0.25) is 0 Å². The van der Waals surface area contributed by atoms with Crippen LogP contribution < -0.4 is 16.2 Å². The molecule has 134 valence electrons. The largest absolute Gasteiger partial charge is 0.345 e. The second-order valence-corrected chi connectivity index (χ2v) is 5.92. The maximum absolute atomic E-state index is 12.1. The highest BCUT2D eigenvalue weighted by molar-refractivity contribution is 6.39. The molecule has 0 fully saturated rings. The van der Waals surface area contributed by atoms with Crippen molar-refractivity contribution in [3.8, 4) is 5.95 Å². The molecular weight excluding hydrogens is 324 g/mol. The van der Waals surface area contributed by atoms with Crippen molar-refractivity contribution in [2.24, 2.45) is 0 Å². The van der Waals surface area contributed by atoms with Crippen LogP contribution in [0.15, 0.2) is 10.9 Å². The van der Waals surface area contributed by atoms with E-state index in [1.807, 2.05) is 13.8 Å². The molecule has 0 aromatic carbocycles. The lowest BCUT2D eigenvalue weighted by Crippen LogP contribution is -2.40. The number of carbonyl (C=O) groups is 2. The summed E-state index contributed by atoms with van der Waals surface area (Å²) in [6, 6.07) is 1.48. The van der Waals surface area contributed by atoms with Crippen LogP contribution in [0.4, 0.5) is 5.82 Å². The average molecular weight is 346 g/mol. The van der Waals surface area contributed by atoms with Gasteiger partial charge in [0.05, 0.1) is 5.69 Å². The molecule has 0 saturated carbocycles. The number of hydrogen-bond donors (Lipinski definition) is 3. The molecule has 9 heteroatoms. The number of rotatable bonds is 4. The highest BCUT2D eigenvalue weighted by Gasteiger charge is 2.19. The number of amides is 2. The molecule has 2 amide bonds. The van der Waals surface area contributed by atoms with Crippen LogP contribution in [0, 0.1) is 20.8 Å². The Morgan fingerprint density at radius 1 is 1.28 bits per heavy atom. The molecule has 2 heterocycles. The normalized spacial score (nSPS) is 11.9. The molecule has 0 unspecified atom stereocenters. The second-order valence-electron chi connectivity index (χ2n) is 5.92. The van der Waals surface area contributed by atoms with Crippen LogP contribution in [0.1, 0.15) is 37.2 Å². The van der Waals surface area contributed by atoms with Gasteiger partial charge in [0.25, 0.3) is 5.56 Å². The first-order chi connectivity index (χ1) is 11.7. The van der Waals surface area contributed by atoms with E-state index in [9.17, 15) is 14.4 Å². The Bertz CT molecular complexity index is 867. The number of aromatic nitrogens is 4. The SMILES string of the molecule is CC[C@H](C)NC(=O)C(=O)Nc1cc(C)nn1-c1nc(C)c(C)c(=O)[nH]1. The lowest BCUT2D eigenvalue weighted by Gasteiger charge is -2.12. The van der Waals surface area contributed by atoms with Crippen molar-refractivity contribution >= 4 is 17.6 Å². The first-order valence-corrected chi connectivity index (χ1v) is 7.99. The fraction of sp³-hybridized carbons (Fsp3) is 0.438. The van der Waals surface area contributed by atoms with Crippen LogP contribution in [0.5, 0.6) is 0 Å². The van der Waals surface area contributed by atoms with E-state index in [1.54, 1.807) is 26.8 Å². The maximum Gasteiger partial charge on any atom is 0.314 e. The first-order valence-electron chi connectivity index (χ1n) is 7.99. The van der Waals surface area contributed by atoms with E-state index in [-0.39, 0.29) is 23.4 Å². The van der Waals surface area contributed by atoms with E-state index in [0.29, 0.717) is 23.4 Å². The number of hydrogen-bond acceptors (Lipinski definition) is 5. The summed E-state index contributed by atoms with van der Waals surface area (Å²) >= 11 is 0. The quantitative estimate of drug-likeness (QED) is 0.705. The Morgan fingerprint density at radius 3 is 2.56 bits per heavy atom. The fourth-order valence-corrected chi connectivity index (χ4v) is 2.05. The van der Waals surface area contributed by atoms with Gasteiger partial charge in [-0.1, -0.05) is 6.92 Å². The van der Waals surface area contributed by atoms with E-state index >= 15 is 0 Å². The summed E-state index contributed by atoms with van der Waals surface area (Å²) in [5.74, 6) is -1.14. The highest BCUT2D eigenvalue weighted by Crippen LogP contribution is 2.14. The number of aromatic amines is 1. The van der Waals surface area contributed by atoms with E-state index in [1.165, 1.54) is 4.68 Å². The van der Waals surface area contributed by atoms with Crippen molar-refractivity contribution < 1.29 is 9.59 Å². The van der Waals surface area contributed by atoms with Crippen LogP contribution in [0.3, 0.4) is 0 Å². The van der Waals surface area contributed by atoms with Gasteiger partial charge >= 0.3 is 11.8 Å². The van der Waals surface area contributed by atoms with Gasteiger partial charge in [-0.05, 0) is 34.1 Å². The molecule has 0 aliphatic rings. The van der Waals surface area contributed by atoms with Crippen molar-refractivity contribution in [1.82, 2.24) is 25.1 Å². The summed E-state index contributed by atoms with van der Waals surface area (Å²) < 4.78 is 1.29. The number of carbonyl (C=O) groups excluding carboxylic acids is 2. The van der Waals surface area contributed by atoms with Gasteiger partial charge in [-0.25, -0.2) is 4.98 Å². The van der Waals surface area contributed by atoms with Crippen LogP contribution in [0.25, 0.3) is 5.95 Å². The van der Waals surface area contributed by atoms with Gasteiger partial charge in [0.15, 0.2) is 0 Å². The minimum atomic E-state index is -0.812. The minimum Gasteiger partial charge on any atom is -0.345 e. The summed E-state index contributed by atoms with van der Waals surface area (Å²) in [6.07, 6.45) is 0.712.